The molecule has 0 spiro atoms. The Morgan fingerprint density at radius 3 is 2.52 bits per heavy atom. The van der Waals surface area contributed by atoms with E-state index < -0.39 is 0 Å². The van der Waals surface area contributed by atoms with Gasteiger partial charge in [0.25, 0.3) is 0 Å². The lowest BCUT2D eigenvalue weighted by molar-refractivity contribution is -0.115. The first kappa shape index (κ1) is 21.1. The van der Waals surface area contributed by atoms with Gasteiger partial charge in [0.1, 0.15) is 0 Å². The third-order valence-corrected chi connectivity index (χ3v) is 6.37. The Labute approximate surface area is 176 Å². The zero-order valence-corrected chi connectivity index (χ0v) is 18.5. The minimum Gasteiger partial charge on any atom is -0.325 e. The molecule has 0 unspecified atom stereocenters. The molecular formula is C23H28N4OS. The fourth-order valence-electron chi connectivity index (χ4n) is 3.18. The molecule has 1 N–H and O–H groups in total. The lowest BCUT2D eigenvalue weighted by Gasteiger charge is -2.17. The third-order valence-electron chi connectivity index (χ3n) is 5.23. The molecule has 6 heteroatoms. The number of thioether (sulfide) groups is 1. The van der Waals surface area contributed by atoms with E-state index >= 15 is 0 Å². The number of carbonyl (C=O) groups excluding carboxylic acids is 1. The monoisotopic (exact) mass is 408 g/mol. The number of hydrogen-bond donors (Lipinski definition) is 1. The van der Waals surface area contributed by atoms with Gasteiger partial charge in [-0.15, -0.1) is 10.2 Å². The van der Waals surface area contributed by atoms with Gasteiger partial charge in [-0.25, -0.2) is 0 Å². The van der Waals surface area contributed by atoms with Gasteiger partial charge in [-0.3, -0.25) is 4.79 Å². The van der Waals surface area contributed by atoms with Crippen molar-refractivity contribution < 1.29 is 4.79 Å². The number of nitrogens with zero attached hydrogens (tertiary/aromatic N) is 3. The van der Waals surface area contributed by atoms with Crippen molar-refractivity contribution in [1.29, 1.82) is 0 Å². The van der Waals surface area contributed by atoms with Crippen molar-refractivity contribution in [3.8, 4) is 11.4 Å². The number of nitrogens with one attached hydrogen (secondary N) is 1. The van der Waals surface area contributed by atoms with Crippen LogP contribution in [0.4, 0.5) is 5.69 Å². The van der Waals surface area contributed by atoms with Crippen molar-refractivity contribution in [3.63, 3.8) is 0 Å². The fourth-order valence-corrected chi connectivity index (χ4v) is 4.00. The van der Waals surface area contributed by atoms with Crippen LogP contribution in [0.15, 0.2) is 53.7 Å². The van der Waals surface area contributed by atoms with E-state index in [0.717, 1.165) is 34.2 Å². The average molecular weight is 409 g/mol. The van der Waals surface area contributed by atoms with Crippen LogP contribution in [-0.2, 0) is 11.8 Å². The molecule has 29 heavy (non-hydrogen) atoms. The molecule has 0 saturated carbocycles. The predicted molar refractivity (Wildman–Crippen MR) is 120 cm³/mol. The van der Waals surface area contributed by atoms with E-state index in [-0.39, 0.29) is 11.2 Å². The Morgan fingerprint density at radius 2 is 1.79 bits per heavy atom. The molecule has 152 valence electrons. The topological polar surface area (TPSA) is 59.8 Å². The molecule has 0 radical (unpaired) electrons. The molecule has 1 amide bonds. The quantitative estimate of drug-likeness (QED) is 0.530. The summed E-state index contributed by atoms with van der Waals surface area (Å²) >= 11 is 1.42. The van der Waals surface area contributed by atoms with Gasteiger partial charge >= 0.3 is 0 Å². The van der Waals surface area contributed by atoms with E-state index in [9.17, 15) is 4.79 Å². The Balaban J connectivity index is 1.74. The summed E-state index contributed by atoms with van der Waals surface area (Å²) in [6, 6.07) is 16.1. The molecule has 5 nitrogen and oxygen atoms in total. The van der Waals surface area contributed by atoms with Gasteiger partial charge in [-0.1, -0.05) is 68.1 Å². The van der Waals surface area contributed by atoms with Crippen LogP contribution in [0.5, 0.6) is 0 Å². The van der Waals surface area contributed by atoms with Crippen LogP contribution in [0.2, 0.25) is 0 Å². The Hall–Kier alpha value is -2.60. The number of para-hydroxylation sites is 1. The second-order valence-electron chi connectivity index (χ2n) is 7.33. The number of aryl methyl sites for hydroxylation is 1. The number of hydrogen-bond acceptors (Lipinski definition) is 4. The highest BCUT2D eigenvalue weighted by molar-refractivity contribution is 8.00. The van der Waals surface area contributed by atoms with Gasteiger partial charge in [0.05, 0.1) is 5.25 Å². The van der Waals surface area contributed by atoms with E-state index in [1.54, 1.807) is 0 Å². The first-order valence-corrected chi connectivity index (χ1v) is 10.8. The van der Waals surface area contributed by atoms with Gasteiger partial charge in [0, 0.05) is 18.3 Å². The lowest BCUT2D eigenvalue weighted by atomic mass is 9.97. The molecule has 2 atom stereocenters. The summed E-state index contributed by atoms with van der Waals surface area (Å²) in [5.41, 5.74) is 4.25. The summed E-state index contributed by atoms with van der Waals surface area (Å²) < 4.78 is 1.95. The lowest BCUT2D eigenvalue weighted by Crippen LogP contribution is -2.23. The molecule has 0 fully saturated rings. The summed E-state index contributed by atoms with van der Waals surface area (Å²) in [5.74, 6) is 1.16. The highest BCUT2D eigenvalue weighted by Crippen LogP contribution is 2.30. The summed E-state index contributed by atoms with van der Waals surface area (Å²) in [6.07, 6.45) is 1.03. The van der Waals surface area contributed by atoms with Crippen molar-refractivity contribution in [2.24, 2.45) is 7.05 Å². The molecule has 1 heterocycles. The van der Waals surface area contributed by atoms with Crippen LogP contribution in [0.3, 0.4) is 0 Å². The molecule has 3 rings (SSSR count). The van der Waals surface area contributed by atoms with E-state index in [1.807, 2.05) is 54.9 Å². The fraction of sp³-hybridized carbons (Fsp3) is 0.348. The zero-order valence-electron chi connectivity index (χ0n) is 17.6. The second-order valence-corrected chi connectivity index (χ2v) is 8.63. The number of anilines is 1. The van der Waals surface area contributed by atoms with Crippen molar-refractivity contribution in [1.82, 2.24) is 14.8 Å². The van der Waals surface area contributed by atoms with Crippen LogP contribution in [0.1, 0.15) is 44.2 Å². The van der Waals surface area contributed by atoms with Crippen LogP contribution >= 0.6 is 11.8 Å². The first-order valence-electron chi connectivity index (χ1n) is 9.94. The predicted octanol–water partition coefficient (Wildman–Crippen LogP) is 5.42. The Kier molecular flexibility index (Phi) is 6.75. The largest absolute Gasteiger partial charge is 0.325 e. The highest BCUT2D eigenvalue weighted by atomic mass is 32.2. The van der Waals surface area contributed by atoms with Gasteiger partial charge in [-0.2, -0.15) is 0 Å². The number of aromatic nitrogens is 3. The van der Waals surface area contributed by atoms with Crippen molar-refractivity contribution in [2.45, 2.75) is 50.4 Å². The number of benzene rings is 2. The normalized spacial score (nSPS) is 13.1. The second kappa shape index (κ2) is 9.27. The maximum atomic E-state index is 12.8. The molecule has 2 aromatic carbocycles. The molecule has 3 aromatic rings. The van der Waals surface area contributed by atoms with E-state index in [4.69, 9.17) is 0 Å². The molecule has 0 saturated heterocycles. The number of carbonyl (C=O) groups is 1. The smallest absolute Gasteiger partial charge is 0.237 e. The minimum absolute atomic E-state index is 0.0359. The first-order chi connectivity index (χ1) is 13.9. The Bertz CT molecular complexity index is 998. The van der Waals surface area contributed by atoms with Crippen LogP contribution < -0.4 is 5.32 Å². The summed E-state index contributed by atoms with van der Waals surface area (Å²) in [5, 5.41) is 12.2. The summed E-state index contributed by atoms with van der Waals surface area (Å²) in [7, 11) is 1.94. The van der Waals surface area contributed by atoms with Gasteiger partial charge in [0.2, 0.25) is 5.91 Å². The Morgan fingerprint density at radius 1 is 1.10 bits per heavy atom. The molecule has 1 aromatic heterocycles. The molecule has 0 aliphatic heterocycles. The SMILES string of the molecule is CC[C@H](C)c1ccccc1NC(=O)[C@H](C)Sc1nnc(-c2ccccc2C)n1C. The maximum Gasteiger partial charge on any atom is 0.237 e. The zero-order chi connectivity index (χ0) is 21.0. The minimum atomic E-state index is -0.299. The molecule has 0 bridgehead atoms. The van der Waals surface area contributed by atoms with Gasteiger partial charge in [-0.05, 0) is 43.4 Å². The van der Waals surface area contributed by atoms with Crippen LogP contribution in [0, 0.1) is 6.92 Å². The number of rotatable bonds is 7. The van der Waals surface area contributed by atoms with Crippen molar-refractivity contribution in [3.05, 3.63) is 59.7 Å². The standard InChI is InChI=1S/C23H28N4OS/c1-6-15(2)18-12-9-10-14-20(18)24-22(28)17(4)29-23-26-25-21(27(23)5)19-13-8-7-11-16(19)3/h7-15,17H,6H2,1-5H3,(H,24,28)/t15-,17-/m0/s1. The van der Waals surface area contributed by atoms with Crippen LogP contribution in [0.25, 0.3) is 11.4 Å². The maximum absolute atomic E-state index is 12.8. The molecule has 0 aliphatic carbocycles. The summed E-state index contributed by atoms with van der Waals surface area (Å²) in [4.78, 5) is 12.8. The number of amides is 1. The van der Waals surface area contributed by atoms with Gasteiger partial charge < -0.3 is 9.88 Å². The molecule has 0 aliphatic rings. The average Bonchev–Trinajstić information content (AvgIpc) is 3.08. The van der Waals surface area contributed by atoms with E-state index in [2.05, 4.69) is 48.4 Å². The third kappa shape index (κ3) is 4.70. The summed E-state index contributed by atoms with van der Waals surface area (Å²) in [6.45, 7) is 8.29. The molecular weight excluding hydrogens is 380 g/mol. The van der Waals surface area contributed by atoms with Gasteiger partial charge in [0.15, 0.2) is 11.0 Å². The highest BCUT2D eigenvalue weighted by Gasteiger charge is 2.21. The van der Waals surface area contributed by atoms with Crippen LogP contribution in [-0.4, -0.2) is 25.9 Å². The van der Waals surface area contributed by atoms with Crippen molar-refractivity contribution >= 4 is 23.4 Å². The van der Waals surface area contributed by atoms with E-state index in [0.29, 0.717) is 5.92 Å². The van der Waals surface area contributed by atoms with E-state index in [1.165, 1.54) is 17.3 Å². The van der Waals surface area contributed by atoms with Crippen molar-refractivity contribution in [2.75, 3.05) is 5.32 Å².